The molecule has 0 spiro atoms. The molecule has 6 nitrogen and oxygen atoms in total. The summed E-state index contributed by atoms with van der Waals surface area (Å²) >= 11 is 0. The van der Waals surface area contributed by atoms with Crippen LogP contribution in [0.3, 0.4) is 0 Å². The minimum Gasteiger partial charge on any atom is -0.355 e. The maximum absolute atomic E-state index is 12.1. The monoisotopic (exact) mass is 482 g/mol. The van der Waals surface area contributed by atoms with E-state index in [1.165, 1.54) is 43.2 Å². The van der Waals surface area contributed by atoms with Crippen molar-refractivity contribution in [2.24, 2.45) is 0 Å². The Hall–Kier alpha value is -1.36. The molecule has 0 saturated heterocycles. The Balaban J connectivity index is 1.50. The van der Waals surface area contributed by atoms with E-state index in [0.717, 1.165) is 22.9 Å². The summed E-state index contributed by atoms with van der Waals surface area (Å²) in [6, 6.07) is 11.4. The first-order valence-corrected chi connectivity index (χ1v) is 14.0. The van der Waals surface area contributed by atoms with Crippen molar-refractivity contribution in [2.75, 3.05) is 13.1 Å². The number of carbonyl (C=O) groups excluding carboxylic acids is 2. The molecule has 0 bridgehead atoms. The van der Waals surface area contributed by atoms with Crippen LogP contribution in [-0.4, -0.2) is 45.4 Å². The summed E-state index contributed by atoms with van der Waals surface area (Å²) in [5, 5.41) is 7.36. The number of amides is 2. The van der Waals surface area contributed by atoms with E-state index in [9.17, 15) is 9.59 Å². The smallest absolute Gasteiger partial charge is 0.233 e. The number of hydrogen-bond donors (Lipinski definition) is 2. The van der Waals surface area contributed by atoms with Gasteiger partial charge in [-0.1, -0.05) is 33.7 Å². The molecular formula is C20H26N4O2S4. The second kappa shape index (κ2) is 14.6. The van der Waals surface area contributed by atoms with Crippen LogP contribution in [0, 0.1) is 0 Å². The molecule has 0 saturated carbocycles. The number of pyridine rings is 2. The third kappa shape index (κ3) is 10.1. The maximum Gasteiger partial charge on any atom is 0.233 e. The Bertz CT molecular complexity index is 702. The summed E-state index contributed by atoms with van der Waals surface area (Å²) in [5.74, 6) is 0.0353. The van der Waals surface area contributed by atoms with Gasteiger partial charge in [-0.3, -0.25) is 9.59 Å². The number of carbonyl (C=O) groups is 2. The molecule has 2 unspecified atom stereocenters. The van der Waals surface area contributed by atoms with Crippen LogP contribution in [0.5, 0.6) is 0 Å². The molecule has 162 valence electrons. The zero-order valence-electron chi connectivity index (χ0n) is 16.9. The van der Waals surface area contributed by atoms with Crippen LogP contribution in [0.1, 0.15) is 26.7 Å². The lowest BCUT2D eigenvalue weighted by molar-refractivity contribution is -0.121. The predicted molar refractivity (Wildman–Crippen MR) is 130 cm³/mol. The van der Waals surface area contributed by atoms with Crippen molar-refractivity contribution >= 4 is 55.0 Å². The fourth-order valence-electron chi connectivity index (χ4n) is 2.08. The highest BCUT2D eigenvalue weighted by atomic mass is 33.1. The van der Waals surface area contributed by atoms with E-state index in [1.54, 1.807) is 12.4 Å². The first-order valence-electron chi connectivity index (χ1n) is 9.60. The van der Waals surface area contributed by atoms with Gasteiger partial charge >= 0.3 is 0 Å². The van der Waals surface area contributed by atoms with E-state index >= 15 is 0 Å². The number of aromatic nitrogens is 2. The number of nitrogens with zero attached hydrogens (tertiary/aromatic N) is 2. The molecule has 30 heavy (non-hydrogen) atoms. The second-order valence-corrected chi connectivity index (χ2v) is 11.4. The van der Waals surface area contributed by atoms with Gasteiger partial charge in [0.15, 0.2) is 0 Å². The number of hydrogen-bond acceptors (Lipinski definition) is 8. The first-order chi connectivity index (χ1) is 14.6. The molecule has 2 aromatic rings. The van der Waals surface area contributed by atoms with Gasteiger partial charge in [-0.25, -0.2) is 9.97 Å². The van der Waals surface area contributed by atoms with Crippen molar-refractivity contribution in [1.29, 1.82) is 0 Å². The molecule has 2 rings (SSSR count). The number of rotatable bonds is 13. The summed E-state index contributed by atoms with van der Waals surface area (Å²) in [4.78, 5) is 32.7. The first kappa shape index (κ1) is 24.9. The van der Waals surface area contributed by atoms with Crippen molar-refractivity contribution in [1.82, 2.24) is 20.6 Å². The van der Waals surface area contributed by atoms with E-state index in [0.29, 0.717) is 13.1 Å². The van der Waals surface area contributed by atoms with Crippen molar-refractivity contribution in [3.63, 3.8) is 0 Å². The lowest BCUT2D eigenvalue weighted by Gasteiger charge is -2.12. The Morgan fingerprint density at radius 2 is 1.23 bits per heavy atom. The van der Waals surface area contributed by atoms with Crippen LogP contribution in [-0.2, 0) is 9.59 Å². The van der Waals surface area contributed by atoms with Crippen molar-refractivity contribution in [3.05, 3.63) is 48.8 Å². The van der Waals surface area contributed by atoms with Gasteiger partial charge in [0.25, 0.3) is 0 Å². The Labute approximate surface area is 193 Å². The van der Waals surface area contributed by atoms with Crippen molar-refractivity contribution in [2.45, 2.75) is 47.2 Å². The molecular weight excluding hydrogens is 457 g/mol. The van der Waals surface area contributed by atoms with Crippen LogP contribution < -0.4 is 10.6 Å². The molecule has 2 N–H and O–H groups in total. The molecule has 2 heterocycles. The normalized spacial score (nSPS) is 12.7. The summed E-state index contributed by atoms with van der Waals surface area (Å²) < 4.78 is 0. The molecule has 10 heteroatoms. The van der Waals surface area contributed by atoms with E-state index in [1.807, 2.05) is 50.2 Å². The molecule has 2 atom stereocenters. The van der Waals surface area contributed by atoms with Gasteiger partial charge in [0, 0.05) is 25.5 Å². The van der Waals surface area contributed by atoms with E-state index in [4.69, 9.17) is 0 Å². The summed E-state index contributed by atoms with van der Waals surface area (Å²) in [6.45, 7) is 4.98. The Morgan fingerprint density at radius 1 is 0.800 bits per heavy atom. The molecule has 0 aliphatic heterocycles. The predicted octanol–water partition coefficient (Wildman–Crippen LogP) is 4.45. The van der Waals surface area contributed by atoms with E-state index in [-0.39, 0.29) is 22.3 Å². The third-order valence-corrected chi connectivity index (χ3v) is 9.13. The fourth-order valence-corrected chi connectivity index (χ4v) is 5.96. The quantitative estimate of drug-likeness (QED) is 0.320. The average Bonchev–Trinajstić information content (AvgIpc) is 2.79. The summed E-state index contributed by atoms with van der Waals surface area (Å²) in [7, 11) is 5.99. The van der Waals surface area contributed by atoms with Gasteiger partial charge < -0.3 is 10.6 Å². The van der Waals surface area contributed by atoms with Crippen LogP contribution in [0.2, 0.25) is 0 Å². The molecule has 2 aromatic heterocycles. The van der Waals surface area contributed by atoms with Gasteiger partial charge in [-0.15, -0.1) is 0 Å². The highest BCUT2D eigenvalue weighted by Gasteiger charge is 2.15. The average molecular weight is 483 g/mol. The highest BCUT2D eigenvalue weighted by molar-refractivity contribution is 8.77. The molecule has 0 aromatic carbocycles. The molecule has 0 aliphatic carbocycles. The topological polar surface area (TPSA) is 84.0 Å². The zero-order valence-corrected chi connectivity index (χ0v) is 20.2. The van der Waals surface area contributed by atoms with Gasteiger partial charge in [-0.05, 0) is 72.5 Å². The van der Waals surface area contributed by atoms with Crippen LogP contribution in [0.25, 0.3) is 0 Å². The van der Waals surface area contributed by atoms with E-state index in [2.05, 4.69) is 20.6 Å². The largest absolute Gasteiger partial charge is 0.355 e. The number of unbranched alkanes of at least 4 members (excludes halogenated alkanes) is 1. The molecule has 2 amide bonds. The van der Waals surface area contributed by atoms with Gasteiger partial charge in [0.1, 0.15) is 10.1 Å². The van der Waals surface area contributed by atoms with Crippen molar-refractivity contribution < 1.29 is 9.59 Å². The molecule has 0 aliphatic rings. The fraction of sp³-hybridized carbons (Fsp3) is 0.400. The van der Waals surface area contributed by atoms with Gasteiger partial charge in [0.05, 0.1) is 10.5 Å². The third-order valence-electron chi connectivity index (χ3n) is 3.77. The summed E-state index contributed by atoms with van der Waals surface area (Å²) in [6.07, 6.45) is 5.12. The minimum atomic E-state index is -0.161. The molecule has 0 fully saturated rings. The lowest BCUT2D eigenvalue weighted by atomic mass is 10.3. The Kier molecular flexibility index (Phi) is 12.1. The van der Waals surface area contributed by atoms with Crippen LogP contribution in [0.15, 0.2) is 58.8 Å². The van der Waals surface area contributed by atoms with Gasteiger partial charge in [0.2, 0.25) is 11.8 Å². The minimum absolute atomic E-state index is 0.0176. The molecule has 0 radical (unpaired) electrons. The lowest BCUT2D eigenvalue weighted by Crippen LogP contribution is -2.33. The van der Waals surface area contributed by atoms with E-state index < -0.39 is 0 Å². The Morgan fingerprint density at radius 3 is 1.60 bits per heavy atom. The van der Waals surface area contributed by atoms with Crippen molar-refractivity contribution in [3.8, 4) is 0 Å². The zero-order chi connectivity index (χ0) is 21.6. The SMILES string of the molecule is CC(SSc1ccccn1)C(=O)NCCCCNC(=O)C(C)SSc1ccccn1. The van der Waals surface area contributed by atoms with Crippen LogP contribution >= 0.6 is 43.2 Å². The highest BCUT2D eigenvalue weighted by Crippen LogP contribution is 2.33. The second-order valence-electron chi connectivity index (χ2n) is 6.27. The number of nitrogens with one attached hydrogen (secondary N) is 2. The summed E-state index contributed by atoms with van der Waals surface area (Å²) in [5.41, 5.74) is 0. The maximum atomic E-state index is 12.1. The standard InChI is InChI=1S/C20H26N4O2S4/c1-15(27-29-17-9-3-5-11-21-17)19(25)23-13-7-8-14-24-20(26)16(2)28-30-18-10-4-6-12-22-18/h3-6,9-12,15-16H,7-8,13-14H2,1-2H3,(H,23,25)(H,24,26). The van der Waals surface area contributed by atoms with Gasteiger partial charge in [-0.2, -0.15) is 0 Å². The van der Waals surface area contributed by atoms with Crippen LogP contribution in [0.4, 0.5) is 0 Å².